The molecular formula is C14H18BrNO3. The standard InChI is InChI=1S/C14H18BrNO3/c15-13-5-3-12(19-13)4-6-14(18)16-8-1-2-11(10-16)7-9-17/h3-6,11,17H,1-2,7-10H2. The van der Waals surface area contributed by atoms with Crippen LogP contribution in [0.1, 0.15) is 25.0 Å². The summed E-state index contributed by atoms with van der Waals surface area (Å²) in [4.78, 5) is 13.9. The highest BCUT2D eigenvalue weighted by Crippen LogP contribution is 2.20. The fourth-order valence-corrected chi connectivity index (χ4v) is 2.68. The summed E-state index contributed by atoms with van der Waals surface area (Å²) in [6, 6.07) is 3.60. The van der Waals surface area contributed by atoms with Crippen molar-refractivity contribution < 1.29 is 14.3 Å². The lowest BCUT2D eigenvalue weighted by Crippen LogP contribution is -2.39. The lowest BCUT2D eigenvalue weighted by Gasteiger charge is -2.31. The summed E-state index contributed by atoms with van der Waals surface area (Å²) in [6.07, 6.45) is 6.11. The first kappa shape index (κ1) is 14.3. The van der Waals surface area contributed by atoms with Gasteiger partial charge in [0.1, 0.15) is 5.76 Å². The summed E-state index contributed by atoms with van der Waals surface area (Å²) in [6.45, 7) is 1.74. The van der Waals surface area contributed by atoms with Gasteiger partial charge in [0.05, 0.1) is 0 Å². The van der Waals surface area contributed by atoms with E-state index in [0.717, 1.165) is 32.4 Å². The van der Waals surface area contributed by atoms with Crippen LogP contribution >= 0.6 is 15.9 Å². The van der Waals surface area contributed by atoms with Gasteiger partial charge in [-0.2, -0.15) is 0 Å². The van der Waals surface area contributed by atoms with Crippen molar-refractivity contribution in [2.75, 3.05) is 19.7 Å². The van der Waals surface area contributed by atoms with Gasteiger partial charge in [0.2, 0.25) is 5.91 Å². The highest BCUT2D eigenvalue weighted by atomic mass is 79.9. The summed E-state index contributed by atoms with van der Waals surface area (Å²) < 4.78 is 5.96. The van der Waals surface area contributed by atoms with Crippen LogP contribution in [0.5, 0.6) is 0 Å². The maximum Gasteiger partial charge on any atom is 0.246 e. The molecule has 2 rings (SSSR count). The molecule has 0 bridgehead atoms. The minimum absolute atomic E-state index is 0.00941. The Labute approximate surface area is 121 Å². The van der Waals surface area contributed by atoms with Crippen molar-refractivity contribution in [1.82, 2.24) is 4.90 Å². The van der Waals surface area contributed by atoms with Gasteiger partial charge in [-0.05, 0) is 59.3 Å². The zero-order chi connectivity index (χ0) is 13.7. The molecule has 0 aromatic carbocycles. The number of hydrogen-bond donors (Lipinski definition) is 1. The molecule has 0 aliphatic carbocycles. The predicted molar refractivity (Wildman–Crippen MR) is 76.4 cm³/mol. The molecule has 4 nitrogen and oxygen atoms in total. The van der Waals surface area contributed by atoms with Gasteiger partial charge in [-0.15, -0.1) is 0 Å². The molecule has 1 aliphatic rings. The second-order valence-electron chi connectivity index (χ2n) is 4.78. The molecule has 0 radical (unpaired) electrons. The largest absolute Gasteiger partial charge is 0.450 e. The smallest absolute Gasteiger partial charge is 0.246 e. The molecule has 1 saturated heterocycles. The molecule has 0 spiro atoms. The van der Waals surface area contributed by atoms with Gasteiger partial charge in [0, 0.05) is 25.8 Å². The van der Waals surface area contributed by atoms with Gasteiger partial charge in [0.25, 0.3) is 0 Å². The number of carbonyl (C=O) groups is 1. The van der Waals surface area contributed by atoms with E-state index in [2.05, 4.69) is 15.9 Å². The third-order valence-electron chi connectivity index (χ3n) is 3.35. The van der Waals surface area contributed by atoms with E-state index in [1.165, 1.54) is 0 Å². The second kappa shape index (κ2) is 6.91. The summed E-state index contributed by atoms with van der Waals surface area (Å²) >= 11 is 3.22. The molecule has 1 fully saturated rings. The Hall–Kier alpha value is -1.07. The van der Waals surface area contributed by atoms with Crippen LogP contribution in [0, 0.1) is 5.92 Å². The maximum atomic E-state index is 12.1. The van der Waals surface area contributed by atoms with Crippen molar-refractivity contribution in [2.24, 2.45) is 5.92 Å². The molecule has 1 unspecified atom stereocenters. The minimum Gasteiger partial charge on any atom is -0.450 e. The number of carbonyl (C=O) groups excluding carboxylic acids is 1. The van der Waals surface area contributed by atoms with Gasteiger partial charge in [-0.1, -0.05) is 0 Å². The van der Waals surface area contributed by atoms with Crippen molar-refractivity contribution in [3.8, 4) is 0 Å². The molecule has 1 N–H and O–H groups in total. The average Bonchev–Trinajstić information content (AvgIpc) is 2.82. The number of furan rings is 1. The van der Waals surface area contributed by atoms with Gasteiger partial charge < -0.3 is 14.4 Å². The molecular weight excluding hydrogens is 310 g/mol. The van der Waals surface area contributed by atoms with Crippen molar-refractivity contribution in [3.63, 3.8) is 0 Å². The lowest BCUT2D eigenvalue weighted by molar-refractivity contribution is -0.127. The zero-order valence-electron chi connectivity index (χ0n) is 10.7. The first-order valence-electron chi connectivity index (χ1n) is 6.52. The van der Waals surface area contributed by atoms with Gasteiger partial charge >= 0.3 is 0 Å². The third-order valence-corrected chi connectivity index (χ3v) is 3.78. The Morgan fingerprint density at radius 3 is 3.11 bits per heavy atom. The number of nitrogens with zero attached hydrogens (tertiary/aromatic N) is 1. The van der Waals surface area contributed by atoms with Crippen molar-refractivity contribution in [1.29, 1.82) is 0 Å². The molecule has 1 aromatic rings. The third kappa shape index (κ3) is 4.21. The van der Waals surface area contributed by atoms with Crippen LogP contribution in [-0.2, 0) is 4.79 Å². The molecule has 5 heteroatoms. The summed E-state index contributed by atoms with van der Waals surface area (Å²) in [5, 5.41) is 8.96. The fraction of sp³-hybridized carbons (Fsp3) is 0.500. The number of halogens is 1. The van der Waals surface area contributed by atoms with E-state index in [1.54, 1.807) is 24.3 Å². The molecule has 1 amide bonds. The predicted octanol–water partition coefficient (Wildman–Crippen LogP) is 2.68. The molecule has 1 aromatic heterocycles. The van der Waals surface area contributed by atoms with Crippen molar-refractivity contribution in [3.05, 3.63) is 28.6 Å². The van der Waals surface area contributed by atoms with Crippen LogP contribution in [0.2, 0.25) is 0 Å². The highest BCUT2D eigenvalue weighted by Gasteiger charge is 2.21. The molecule has 19 heavy (non-hydrogen) atoms. The Morgan fingerprint density at radius 2 is 2.42 bits per heavy atom. The highest BCUT2D eigenvalue weighted by molar-refractivity contribution is 9.10. The van der Waals surface area contributed by atoms with Crippen LogP contribution in [0.15, 0.2) is 27.3 Å². The Morgan fingerprint density at radius 1 is 1.58 bits per heavy atom. The van der Waals surface area contributed by atoms with Gasteiger partial charge in [-0.25, -0.2) is 0 Å². The number of rotatable bonds is 4. The van der Waals surface area contributed by atoms with E-state index in [1.807, 2.05) is 4.90 Å². The number of piperidine rings is 1. The topological polar surface area (TPSA) is 53.7 Å². The lowest BCUT2D eigenvalue weighted by atomic mass is 9.95. The van der Waals surface area contributed by atoms with E-state index in [-0.39, 0.29) is 12.5 Å². The normalized spacial score (nSPS) is 20.1. The summed E-state index contributed by atoms with van der Waals surface area (Å²) in [7, 11) is 0. The number of amides is 1. The van der Waals surface area contributed by atoms with Crippen LogP contribution in [0.3, 0.4) is 0 Å². The minimum atomic E-state index is 0.00941. The maximum absolute atomic E-state index is 12.1. The Kier molecular flexibility index (Phi) is 5.22. The first-order valence-corrected chi connectivity index (χ1v) is 7.31. The van der Waals surface area contributed by atoms with E-state index in [0.29, 0.717) is 16.3 Å². The zero-order valence-corrected chi connectivity index (χ0v) is 12.3. The van der Waals surface area contributed by atoms with E-state index in [9.17, 15) is 4.79 Å². The first-order chi connectivity index (χ1) is 9.19. The van der Waals surface area contributed by atoms with E-state index >= 15 is 0 Å². The fourth-order valence-electron chi connectivity index (χ4n) is 2.36. The molecule has 2 heterocycles. The van der Waals surface area contributed by atoms with Crippen molar-refractivity contribution >= 4 is 27.9 Å². The quantitative estimate of drug-likeness (QED) is 0.865. The number of aliphatic hydroxyl groups excluding tert-OH is 1. The molecule has 1 aliphatic heterocycles. The monoisotopic (exact) mass is 327 g/mol. The van der Waals surface area contributed by atoms with Gasteiger partial charge in [-0.3, -0.25) is 4.79 Å². The molecule has 104 valence electrons. The van der Waals surface area contributed by atoms with E-state index in [4.69, 9.17) is 9.52 Å². The molecule has 0 saturated carbocycles. The van der Waals surface area contributed by atoms with Crippen LogP contribution in [-0.4, -0.2) is 35.6 Å². The van der Waals surface area contributed by atoms with Crippen molar-refractivity contribution in [2.45, 2.75) is 19.3 Å². The van der Waals surface area contributed by atoms with E-state index < -0.39 is 0 Å². The van der Waals surface area contributed by atoms with Crippen LogP contribution in [0.25, 0.3) is 6.08 Å². The average molecular weight is 328 g/mol. The van der Waals surface area contributed by atoms with Crippen LogP contribution < -0.4 is 0 Å². The number of hydrogen-bond acceptors (Lipinski definition) is 3. The summed E-state index contributed by atoms with van der Waals surface area (Å²) in [5.74, 6) is 1.09. The second-order valence-corrected chi connectivity index (χ2v) is 5.56. The Bertz CT molecular complexity index is 453. The Balaban J connectivity index is 1.90. The summed E-state index contributed by atoms with van der Waals surface area (Å²) in [5.41, 5.74) is 0. The SMILES string of the molecule is O=C(C=Cc1ccc(Br)o1)N1CCCC(CCO)C1. The van der Waals surface area contributed by atoms with Gasteiger partial charge in [0.15, 0.2) is 4.67 Å². The number of aliphatic hydroxyl groups is 1. The number of likely N-dealkylation sites (tertiary alicyclic amines) is 1. The molecule has 1 atom stereocenters. The van der Waals surface area contributed by atoms with Crippen LogP contribution in [0.4, 0.5) is 0 Å².